The van der Waals surface area contributed by atoms with Gasteiger partial charge in [-0.15, -0.1) is 0 Å². The summed E-state index contributed by atoms with van der Waals surface area (Å²) in [5.74, 6) is -2.98. The van der Waals surface area contributed by atoms with Crippen LogP contribution < -0.4 is 10.2 Å². The molecule has 0 saturated heterocycles. The Morgan fingerprint density at radius 2 is 1.67 bits per heavy atom. The number of anilines is 2. The molecule has 0 fully saturated rings. The van der Waals surface area contributed by atoms with Crippen molar-refractivity contribution in [2.24, 2.45) is 0 Å². The molecule has 3 rings (SSSR count). The maximum atomic E-state index is 14.1. The van der Waals surface area contributed by atoms with Gasteiger partial charge in [0.15, 0.2) is 5.78 Å². The van der Waals surface area contributed by atoms with E-state index in [9.17, 15) is 18.4 Å². The van der Waals surface area contributed by atoms with Crippen LogP contribution in [-0.2, 0) is 0 Å². The Balaban J connectivity index is 1.64. The molecular formula is C26H24F2N2O3. The lowest BCUT2D eigenvalue weighted by molar-refractivity contribution is 0.101. The van der Waals surface area contributed by atoms with E-state index in [2.05, 4.69) is 5.32 Å². The van der Waals surface area contributed by atoms with Crippen molar-refractivity contribution in [3.05, 3.63) is 101 Å². The van der Waals surface area contributed by atoms with Crippen LogP contribution in [0, 0.1) is 18.6 Å². The third-order valence-electron chi connectivity index (χ3n) is 5.13. The summed E-state index contributed by atoms with van der Waals surface area (Å²) >= 11 is 0. The van der Waals surface area contributed by atoms with E-state index in [1.807, 2.05) is 36.2 Å². The smallest absolute Gasteiger partial charge is 0.261 e. The van der Waals surface area contributed by atoms with Gasteiger partial charge in [-0.2, -0.15) is 0 Å². The second kappa shape index (κ2) is 10.7. The van der Waals surface area contributed by atoms with E-state index < -0.39 is 23.1 Å². The van der Waals surface area contributed by atoms with Crippen LogP contribution in [0.3, 0.4) is 0 Å². The molecule has 1 amide bonds. The average molecular weight is 450 g/mol. The minimum atomic E-state index is -0.944. The van der Waals surface area contributed by atoms with Gasteiger partial charge in [0.25, 0.3) is 5.91 Å². The molecule has 0 radical (unpaired) electrons. The number of rotatable bonds is 8. The highest BCUT2D eigenvalue weighted by molar-refractivity contribution is 6.08. The average Bonchev–Trinajstić information content (AvgIpc) is 2.81. The number of aliphatic hydroxyl groups is 1. The van der Waals surface area contributed by atoms with Crippen molar-refractivity contribution in [3.8, 4) is 0 Å². The van der Waals surface area contributed by atoms with Gasteiger partial charge in [0.05, 0.1) is 6.61 Å². The first-order chi connectivity index (χ1) is 15.8. The van der Waals surface area contributed by atoms with Crippen molar-refractivity contribution in [1.29, 1.82) is 0 Å². The van der Waals surface area contributed by atoms with Gasteiger partial charge >= 0.3 is 0 Å². The van der Waals surface area contributed by atoms with E-state index in [1.165, 1.54) is 43.3 Å². The molecule has 0 aromatic heterocycles. The number of carbonyl (C=O) groups is 2. The van der Waals surface area contributed by atoms with Crippen LogP contribution in [0.25, 0.3) is 6.08 Å². The van der Waals surface area contributed by atoms with E-state index in [1.54, 1.807) is 6.08 Å². The highest BCUT2D eigenvalue weighted by Crippen LogP contribution is 2.19. The van der Waals surface area contributed by atoms with E-state index in [0.717, 1.165) is 17.3 Å². The zero-order chi connectivity index (χ0) is 24.0. The van der Waals surface area contributed by atoms with Crippen molar-refractivity contribution in [2.75, 3.05) is 30.4 Å². The van der Waals surface area contributed by atoms with Crippen LogP contribution in [0.4, 0.5) is 20.2 Å². The lowest BCUT2D eigenvalue weighted by Crippen LogP contribution is -2.20. The molecule has 0 heterocycles. The Bertz CT molecular complexity index is 1170. The largest absolute Gasteiger partial charge is 0.395 e. The minimum Gasteiger partial charge on any atom is -0.395 e. The number of nitrogens with zero attached hydrogens (tertiary/aromatic N) is 1. The quantitative estimate of drug-likeness (QED) is 0.380. The molecular weight excluding hydrogens is 426 g/mol. The Morgan fingerprint density at radius 1 is 1.00 bits per heavy atom. The SMILES string of the molecule is Cc1ccc(F)c(C(=O)Nc2ccc(C(=O)/C=C/c3ccc(N(C)CCO)cc3)cc2)c1F. The van der Waals surface area contributed by atoms with E-state index in [0.29, 0.717) is 17.8 Å². The second-order valence-electron chi connectivity index (χ2n) is 7.52. The number of allylic oxidation sites excluding steroid dienone is 1. The molecule has 3 aromatic carbocycles. The normalized spacial score (nSPS) is 10.9. The Kier molecular flexibility index (Phi) is 7.69. The number of hydrogen-bond acceptors (Lipinski definition) is 4. The number of nitrogens with one attached hydrogen (secondary N) is 1. The minimum absolute atomic E-state index is 0.0643. The zero-order valence-electron chi connectivity index (χ0n) is 18.3. The van der Waals surface area contributed by atoms with Crippen LogP contribution in [0.2, 0.25) is 0 Å². The van der Waals surface area contributed by atoms with Crippen molar-refractivity contribution in [2.45, 2.75) is 6.92 Å². The summed E-state index contributed by atoms with van der Waals surface area (Å²) in [4.78, 5) is 26.7. The van der Waals surface area contributed by atoms with Gasteiger partial charge in [-0.3, -0.25) is 9.59 Å². The number of amides is 1. The number of aliphatic hydroxyl groups excluding tert-OH is 1. The molecule has 5 nitrogen and oxygen atoms in total. The molecule has 0 aliphatic carbocycles. The number of ketones is 1. The van der Waals surface area contributed by atoms with Crippen LogP contribution >= 0.6 is 0 Å². The first kappa shape index (κ1) is 23.8. The Labute approximate surface area is 191 Å². The maximum absolute atomic E-state index is 14.1. The van der Waals surface area contributed by atoms with E-state index in [-0.39, 0.29) is 18.0 Å². The summed E-state index contributed by atoms with van der Waals surface area (Å²) in [6, 6.07) is 15.9. The third kappa shape index (κ3) is 5.90. The lowest BCUT2D eigenvalue weighted by Gasteiger charge is -2.17. The molecule has 3 aromatic rings. The molecule has 0 atom stereocenters. The maximum Gasteiger partial charge on any atom is 0.261 e. The molecule has 0 bridgehead atoms. The second-order valence-corrected chi connectivity index (χ2v) is 7.52. The first-order valence-corrected chi connectivity index (χ1v) is 10.3. The number of hydrogen-bond donors (Lipinski definition) is 2. The zero-order valence-corrected chi connectivity index (χ0v) is 18.3. The highest BCUT2D eigenvalue weighted by Gasteiger charge is 2.19. The monoisotopic (exact) mass is 450 g/mol. The number of aryl methyl sites for hydroxylation is 1. The highest BCUT2D eigenvalue weighted by atomic mass is 19.1. The molecule has 7 heteroatoms. The van der Waals surface area contributed by atoms with Crippen molar-refractivity contribution >= 4 is 29.1 Å². The topological polar surface area (TPSA) is 69.6 Å². The molecule has 0 saturated carbocycles. The first-order valence-electron chi connectivity index (χ1n) is 10.3. The van der Waals surface area contributed by atoms with E-state index in [4.69, 9.17) is 5.11 Å². The van der Waals surface area contributed by atoms with Gasteiger partial charge < -0.3 is 15.3 Å². The van der Waals surface area contributed by atoms with Crippen LogP contribution in [0.5, 0.6) is 0 Å². The standard InChI is InChI=1S/C26H24F2N2O3/c1-17-3-13-22(27)24(25(17)28)26(33)29-20-9-7-19(8-10-20)23(32)14-6-18-4-11-21(12-5-18)30(2)15-16-31/h3-14,31H,15-16H2,1-2H3,(H,29,33)/b14-6+. The van der Waals surface area contributed by atoms with Gasteiger partial charge in [-0.05, 0) is 66.6 Å². The number of benzene rings is 3. The van der Waals surface area contributed by atoms with Gasteiger partial charge in [-0.25, -0.2) is 8.78 Å². The molecule has 0 aliphatic rings. The number of halogens is 2. The molecule has 0 aliphatic heterocycles. The molecule has 33 heavy (non-hydrogen) atoms. The summed E-state index contributed by atoms with van der Waals surface area (Å²) in [5.41, 5.74) is 2.03. The van der Waals surface area contributed by atoms with Crippen molar-refractivity contribution in [1.82, 2.24) is 0 Å². The van der Waals surface area contributed by atoms with Crippen LogP contribution in [0.15, 0.2) is 66.7 Å². The van der Waals surface area contributed by atoms with Gasteiger partial charge in [0, 0.05) is 30.5 Å². The van der Waals surface area contributed by atoms with Gasteiger partial charge in [0.2, 0.25) is 0 Å². The predicted octanol–water partition coefficient (Wildman–Crippen LogP) is 4.85. The van der Waals surface area contributed by atoms with Gasteiger partial charge in [0.1, 0.15) is 17.2 Å². The fraction of sp³-hybridized carbons (Fsp3) is 0.154. The number of likely N-dealkylation sites (N-methyl/N-ethyl adjacent to an activating group) is 1. The summed E-state index contributed by atoms with van der Waals surface area (Å²) in [5, 5.41) is 11.5. The fourth-order valence-corrected chi connectivity index (χ4v) is 3.16. The summed E-state index contributed by atoms with van der Waals surface area (Å²) in [6.07, 6.45) is 3.13. The Morgan fingerprint density at radius 3 is 2.30 bits per heavy atom. The molecule has 0 spiro atoms. The van der Waals surface area contributed by atoms with E-state index >= 15 is 0 Å². The van der Waals surface area contributed by atoms with Gasteiger partial charge in [-0.1, -0.05) is 24.3 Å². The van der Waals surface area contributed by atoms with Crippen molar-refractivity contribution < 1.29 is 23.5 Å². The van der Waals surface area contributed by atoms with Crippen molar-refractivity contribution in [3.63, 3.8) is 0 Å². The Hall–Kier alpha value is -3.84. The van der Waals surface area contributed by atoms with Crippen LogP contribution in [0.1, 0.15) is 31.8 Å². The third-order valence-corrected chi connectivity index (χ3v) is 5.13. The predicted molar refractivity (Wildman–Crippen MR) is 126 cm³/mol. The molecule has 0 unspecified atom stereocenters. The summed E-state index contributed by atoms with van der Waals surface area (Å²) < 4.78 is 28.0. The fourth-order valence-electron chi connectivity index (χ4n) is 3.16. The number of carbonyl (C=O) groups excluding carboxylic acids is 2. The molecule has 2 N–H and O–H groups in total. The summed E-state index contributed by atoms with van der Waals surface area (Å²) in [6.45, 7) is 2.04. The lowest BCUT2D eigenvalue weighted by atomic mass is 10.1. The summed E-state index contributed by atoms with van der Waals surface area (Å²) in [7, 11) is 1.88. The van der Waals surface area contributed by atoms with Crippen LogP contribution in [-0.4, -0.2) is 37.0 Å². The molecule has 170 valence electrons.